The van der Waals surface area contributed by atoms with Crippen molar-refractivity contribution in [2.24, 2.45) is 0 Å². The Balaban J connectivity index is 1.95. The number of nitrogen functional groups attached to an aromatic ring is 1. The Bertz CT molecular complexity index is 545. The van der Waals surface area contributed by atoms with Gasteiger partial charge in [0.15, 0.2) is 0 Å². The van der Waals surface area contributed by atoms with E-state index in [1.807, 2.05) is 36.4 Å². The van der Waals surface area contributed by atoms with Gasteiger partial charge in [0.25, 0.3) is 0 Å². The summed E-state index contributed by atoms with van der Waals surface area (Å²) < 4.78 is 6.70. The van der Waals surface area contributed by atoms with E-state index in [1.54, 1.807) is 6.07 Å². The number of nitrogens with two attached hydrogens (primary N) is 1. The molecule has 0 unspecified atom stereocenters. The van der Waals surface area contributed by atoms with Crippen LogP contribution in [0.4, 0.5) is 5.69 Å². The molecule has 2 N–H and O–H groups in total. The Kier molecular flexibility index (Phi) is 4.64. The van der Waals surface area contributed by atoms with E-state index in [4.69, 9.17) is 22.1 Å². The second kappa shape index (κ2) is 6.23. The molecule has 0 amide bonds. The summed E-state index contributed by atoms with van der Waals surface area (Å²) >= 11 is 9.56. The normalized spacial score (nSPS) is 10.6. The second-order valence-corrected chi connectivity index (χ2v) is 5.20. The van der Waals surface area contributed by atoms with Crippen molar-refractivity contribution in [3.05, 3.63) is 63.1 Å². The van der Waals surface area contributed by atoms with Crippen LogP contribution in [-0.2, 0) is 18.0 Å². The molecule has 0 aromatic heterocycles. The smallest absolute Gasteiger partial charge is 0.0735 e. The molecular formula is C14H13BrClNO. The number of anilines is 1. The van der Waals surface area contributed by atoms with Crippen LogP contribution in [0.25, 0.3) is 0 Å². The van der Waals surface area contributed by atoms with Gasteiger partial charge in [-0.15, -0.1) is 0 Å². The highest BCUT2D eigenvalue weighted by Gasteiger charge is 2.02. The summed E-state index contributed by atoms with van der Waals surface area (Å²) in [4.78, 5) is 0. The van der Waals surface area contributed by atoms with Crippen LogP contribution >= 0.6 is 27.5 Å². The average Bonchev–Trinajstić information content (AvgIpc) is 2.34. The summed E-state index contributed by atoms with van der Waals surface area (Å²) in [7, 11) is 0. The number of benzene rings is 2. The summed E-state index contributed by atoms with van der Waals surface area (Å²) in [5.74, 6) is 0. The standard InChI is InChI=1S/C14H13BrClNO/c15-13-4-2-1-3-10(13)8-18-9-11-5-6-12(17)7-14(11)16/h1-7H,8-9,17H2. The van der Waals surface area contributed by atoms with E-state index in [0.717, 1.165) is 15.6 Å². The second-order valence-electron chi connectivity index (χ2n) is 3.94. The first-order valence-corrected chi connectivity index (χ1v) is 6.69. The van der Waals surface area contributed by atoms with Gasteiger partial charge < -0.3 is 10.5 Å². The van der Waals surface area contributed by atoms with Crippen LogP contribution in [0.1, 0.15) is 11.1 Å². The molecule has 2 nitrogen and oxygen atoms in total. The number of hydrogen-bond acceptors (Lipinski definition) is 2. The van der Waals surface area contributed by atoms with Gasteiger partial charge in [-0.1, -0.05) is 51.8 Å². The van der Waals surface area contributed by atoms with Crippen LogP contribution in [-0.4, -0.2) is 0 Å². The quantitative estimate of drug-likeness (QED) is 0.845. The van der Waals surface area contributed by atoms with E-state index in [2.05, 4.69) is 15.9 Å². The Morgan fingerprint density at radius 2 is 1.78 bits per heavy atom. The minimum absolute atomic E-state index is 0.473. The predicted octanol–water partition coefficient (Wildman–Crippen LogP) is 4.40. The fourth-order valence-electron chi connectivity index (χ4n) is 1.57. The zero-order valence-electron chi connectivity index (χ0n) is 9.70. The van der Waals surface area contributed by atoms with Gasteiger partial charge in [0.05, 0.1) is 13.2 Å². The first kappa shape index (κ1) is 13.4. The van der Waals surface area contributed by atoms with Crippen LogP contribution in [0.15, 0.2) is 46.9 Å². The van der Waals surface area contributed by atoms with Crippen molar-refractivity contribution < 1.29 is 4.74 Å². The summed E-state index contributed by atoms with van der Waals surface area (Å²) in [6.45, 7) is 1.02. The van der Waals surface area contributed by atoms with Gasteiger partial charge >= 0.3 is 0 Å². The molecule has 0 saturated carbocycles. The Morgan fingerprint density at radius 3 is 2.50 bits per heavy atom. The zero-order chi connectivity index (χ0) is 13.0. The lowest BCUT2D eigenvalue weighted by molar-refractivity contribution is 0.107. The molecule has 0 fully saturated rings. The van der Waals surface area contributed by atoms with Gasteiger partial charge in [-0.3, -0.25) is 0 Å². The molecule has 2 rings (SSSR count). The predicted molar refractivity (Wildman–Crippen MR) is 78.5 cm³/mol. The molecule has 2 aromatic rings. The van der Waals surface area contributed by atoms with Crippen molar-refractivity contribution in [2.45, 2.75) is 13.2 Å². The van der Waals surface area contributed by atoms with Crippen molar-refractivity contribution in [3.63, 3.8) is 0 Å². The van der Waals surface area contributed by atoms with E-state index in [-0.39, 0.29) is 0 Å². The topological polar surface area (TPSA) is 35.2 Å². The van der Waals surface area contributed by atoms with E-state index in [1.165, 1.54) is 0 Å². The molecule has 0 aliphatic heterocycles. The minimum atomic E-state index is 0.473. The van der Waals surface area contributed by atoms with Crippen LogP contribution in [0.5, 0.6) is 0 Å². The first-order valence-electron chi connectivity index (χ1n) is 5.52. The highest BCUT2D eigenvalue weighted by molar-refractivity contribution is 9.10. The van der Waals surface area contributed by atoms with Crippen molar-refractivity contribution >= 4 is 33.2 Å². The van der Waals surface area contributed by atoms with E-state index in [0.29, 0.717) is 23.9 Å². The number of ether oxygens (including phenoxy) is 1. The lowest BCUT2D eigenvalue weighted by atomic mass is 10.2. The lowest BCUT2D eigenvalue weighted by Gasteiger charge is -2.08. The Labute approximate surface area is 120 Å². The molecule has 18 heavy (non-hydrogen) atoms. The maximum absolute atomic E-state index is 6.07. The first-order chi connectivity index (χ1) is 8.66. The summed E-state index contributed by atoms with van der Waals surface area (Å²) in [6, 6.07) is 13.4. The molecule has 0 saturated heterocycles. The van der Waals surface area contributed by atoms with E-state index >= 15 is 0 Å². The largest absolute Gasteiger partial charge is 0.399 e. The fourth-order valence-corrected chi connectivity index (χ4v) is 2.21. The zero-order valence-corrected chi connectivity index (χ0v) is 12.0. The molecular weight excluding hydrogens is 314 g/mol. The summed E-state index contributed by atoms with van der Waals surface area (Å²) in [5.41, 5.74) is 8.35. The maximum atomic E-state index is 6.07. The third-order valence-corrected chi connectivity index (χ3v) is 3.68. The monoisotopic (exact) mass is 325 g/mol. The van der Waals surface area contributed by atoms with Crippen molar-refractivity contribution in [1.82, 2.24) is 0 Å². The van der Waals surface area contributed by atoms with Gasteiger partial charge in [-0.05, 0) is 29.3 Å². The van der Waals surface area contributed by atoms with Gasteiger partial charge in [-0.2, -0.15) is 0 Å². The van der Waals surface area contributed by atoms with Gasteiger partial charge in [-0.25, -0.2) is 0 Å². The minimum Gasteiger partial charge on any atom is -0.399 e. The number of halogens is 2. The SMILES string of the molecule is Nc1ccc(COCc2ccccc2Br)c(Cl)c1. The highest BCUT2D eigenvalue weighted by Crippen LogP contribution is 2.21. The maximum Gasteiger partial charge on any atom is 0.0735 e. The molecule has 0 spiro atoms. The van der Waals surface area contributed by atoms with Crippen molar-refractivity contribution in [2.75, 3.05) is 5.73 Å². The molecule has 0 atom stereocenters. The van der Waals surface area contributed by atoms with E-state index < -0.39 is 0 Å². The summed E-state index contributed by atoms with van der Waals surface area (Å²) in [5, 5.41) is 0.641. The Morgan fingerprint density at radius 1 is 1.06 bits per heavy atom. The van der Waals surface area contributed by atoms with Crippen molar-refractivity contribution in [1.29, 1.82) is 0 Å². The third-order valence-electron chi connectivity index (χ3n) is 2.55. The van der Waals surface area contributed by atoms with Crippen LogP contribution < -0.4 is 5.73 Å². The molecule has 0 radical (unpaired) electrons. The molecule has 4 heteroatoms. The van der Waals surface area contributed by atoms with Crippen LogP contribution in [0, 0.1) is 0 Å². The fraction of sp³-hybridized carbons (Fsp3) is 0.143. The molecule has 0 aliphatic carbocycles. The lowest BCUT2D eigenvalue weighted by Crippen LogP contribution is -1.96. The Hall–Kier alpha value is -1.03. The molecule has 2 aromatic carbocycles. The third kappa shape index (κ3) is 3.48. The van der Waals surface area contributed by atoms with Gasteiger partial charge in [0, 0.05) is 15.2 Å². The van der Waals surface area contributed by atoms with Gasteiger partial charge in [0.1, 0.15) is 0 Å². The van der Waals surface area contributed by atoms with Crippen LogP contribution in [0.2, 0.25) is 5.02 Å². The van der Waals surface area contributed by atoms with Crippen LogP contribution in [0.3, 0.4) is 0 Å². The molecule has 0 heterocycles. The van der Waals surface area contributed by atoms with E-state index in [9.17, 15) is 0 Å². The number of hydrogen-bond donors (Lipinski definition) is 1. The summed E-state index contributed by atoms with van der Waals surface area (Å²) in [6.07, 6.45) is 0. The average molecular weight is 327 g/mol. The molecule has 0 aliphatic rings. The highest BCUT2D eigenvalue weighted by atomic mass is 79.9. The van der Waals surface area contributed by atoms with Gasteiger partial charge in [0.2, 0.25) is 0 Å². The number of rotatable bonds is 4. The molecule has 0 bridgehead atoms. The van der Waals surface area contributed by atoms with Crippen molar-refractivity contribution in [3.8, 4) is 0 Å². The molecule has 94 valence electrons.